The second kappa shape index (κ2) is 3.93. The first-order valence-corrected chi connectivity index (χ1v) is 4.92. The largest absolute Gasteiger partial charge is 0.480 e. The lowest BCUT2D eigenvalue weighted by Crippen LogP contribution is -2.39. The van der Waals surface area contributed by atoms with Crippen LogP contribution in [-0.4, -0.2) is 16.6 Å². The third-order valence-corrected chi connectivity index (χ3v) is 2.50. The molecule has 0 aliphatic heterocycles. The van der Waals surface area contributed by atoms with Gasteiger partial charge >= 0.3 is 5.97 Å². The van der Waals surface area contributed by atoms with Crippen molar-refractivity contribution < 1.29 is 9.90 Å². The van der Waals surface area contributed by atoms with E-state index in [2.05, 4.69) is 5.32 Å². The van der Waals surface area contributed by atoms with Gasteiger partial charge in [0.1, 0.15) is 5.54 Å². The van der Waals surface area contributed by atoms with Gasteiger partial charge < -0.3 is 10.4 Å². The van der Waals surface area contributed by atoms with E-state index < -0.39 is 11.5 Å². The average Bonchev–Trinajstić information content (AvgIpc) is 2.10. The van der Waals surface area contributed by atoms with Crippen molar-refractivity contribution in [3.05, 3.63) is 29.3 Å². The molecule has 82 valence electrons. The third kappa shape index (κ3) is 2.72. The van der Waals surface area contributed by atoms with Gasteiger partial charge in [0.2, 0.25) is 0 Å². The van der Waals surface area contributed by atoms with Gasteiger partial charge in [0.05, 0.1) is 0 Å². The van der Waals surface area contributed by atoms with Crippen LogP contribution in [0.15, 0.2) is 18.2 Å². The monoisotopic (exact) mass is 207 g/mol. The molecule has 0 radical (unpaired) electrons. The van der Waals surface area contributed by atoms with Crippen molar-refractivity contribution in [2.45, 2.75) is 33.2 Å². The lowest BCUT2D eigenvalue weighted by Gasteiger charge is -2.22. The van der Waals surface area contributed by atoms with Crippen molar-refractivity contribution in [3.8, 4) is 0 Å². The van der Waals surface area contributed by atoms with E-state index in [9.17, 15) is 4.79 Å². The molecule has 1 aromatic rings. The maximum absolute atomic E-state index is 10.9. The van der Waals surface area contributed by atoms with E-state index >= 15 is 0 Å². The number of carboxylic acid groups (broad SMARTS) is 1. The molecule has 0 atom stereocenters. The minimum Gasteiger partial charge on any atom is -0.480 e. The fourth-order valence-electron chi connectivity index (χ4n) is 1.23. The van der Waals surface area contributed by atoms with Crippen molar-refractivity contribution in [1.82, 2.24) is 0 Å². The Hall–Kier alpha value is -1.51. The van der Waals surface area contributed by atoms with Crippen molar-refractivity contribution in [3.63, 3.8) is 0 Å². The molecule has 15 heavy (non-hydrogen) atoms. The van der Waals surface area contributed by atoms with Crippen LogP contribution < -0.4 is 5.32 Å². The highest BCUT2D eigenvalue weighted by atomic mass is 16.4. The molecule has 0 aliphatic rings. The van der Waals surface area contributed by atoms with E-state index in [0.29, 0.717) is 0 Å². The normalized spacial score (nSPS) is 11.2. The standard InChI is InChI=1S/C12H17NO2/c1-8-5-6-10(7-9(8)2)13-12(3,4)11(14)15/h5-7,13H,1-4H3,(H,14,15). The van der Waals surface area contributed by atoms with Crippen LogP contribution in [0.5, 0.6) is 0 Å². The van der Waals surface area contributed by atoms with Crippen LogP contribution >= 0.6 is 0 Å². The van der Waals surface area contributed by atoms with Crippen LogP contribution in [0.2, 0.25) is 0 Å². The zero-order valence-electron chi connectivity index (χ0n) is 9.59. The molecule has 0 heterocycles. The molecule has 3 nitrogen and oxygen atoms in total. The van der Waals surface area contributed by atoms with Crippen molar-refractivity contribution in [2.75, 3.05) is 5.32 Å². The molecule has 0 bridgehead atoms. The summed E-state index contributed by atoms with van der Waals surface area (Å²) in [4.78, 5) is 10.9. The lowest BCUT2D eigenvalue weighted by atomic mass is 10.0. The van der Waals surface area contributed by atoms with Crippen molar-refractivity contribution in [2.24, 2.45) is 0 Å². The summed E-state index contributed by atoms with van der Waals surface area (Å²) in [7, 11) is 0. The summed E-state index contributed by atoms with van der Waals surface area (Å²) in [6, 6.07) is 5.84. The Balaban J connectivity index is 2.91. The van der Waals surface area contributed by atoms with E-state index in [0.717, 1.165) is 11.3 Å². The summed E-state index contributed by atoms with van der Waals surface area (Å²) in [5.74, 6) is -0.860. The van der Waals surface area contributed by atoms with E-state index in [1.54, 1.807) is 13.8 Å². The number of benzene rings is 1. The predicted molar refractivity (Wildman–Crippen MR) is 61.3 cm³/mol. The predicted octanol–water partition coefficient (Wildman–Crippen LogP) is 2.58. The molecule has 1 aromatic carbocycles. The second-order valence-electron chi connectivity index (χ2n) is 4.35. The van der Waals surface area contributed by atoms with Gasteiger partial charge in [0, 0.05) is 5.69 Å². The van der Waals surface area contributed by atoms with E-state index in [4.69, 9.17) is 5.11 Å². The van der Waals surface area contributed by atoms with Crippen LogP contribution in [0.4, 0.5) is 5.69 Å². The molecule has 0 amide bonds. The first-order chi connectivity index (χ1) is 6.83. The van der Waals surface area contributed by atoms with E-state index in [1.165, 1.54) is 5.56 Å². The molecule has 0 fully saturated rings. The van der Waals surface area contributed by atoms with Gasteiger partial charge in [-0.1, -0.05) is 6.07 Å². The summed E-state index contributed by atoms with van der Waals surface area (Å²) in [5.41, 5.74) is 2.25. The molecule has 0 saturated carbocycles. The summed E-state index contributed by atoms with van der Waals surface area (Å²) in [5, 5.41) is 12.0. The second-order valence-corrected chi connectivity index (χ2v) is 4.35. The Morgan fingerprint density at radius 1 is 1.27 bits per heavy atom. The number of nitrogens with one attached hydrogen (secondary N) is 1. The highest BCUT2D eigenvalue weighted by Gasteiger charge is 2.26. The van der Waals surface area contributed by atoms with Crippen LogP contribution in [0.3, 0.4) is 0 Å². The minimum absolute atomic E-state index is 0.838. The SMILES string of the molecule is Cc1ccc(NC(C)(C)C(=O)O)cc1C. The Labute approximate surface area is 90.1 Å². The Morgan fingerprint density at radius 3 is 2.33 bits per heavy atom. The fourth-order valence-corrected chi connectivity index (χ4v) is 1.23. The zero-order chi connectivity index (χ0) is 11.6. The smallest absolute Gasteiger partial charge is 0.328 e. The lowest BCUT2D eigenvalue weighted by molar-refractivity contribution is -0.141. The van der Waals surface area contributed by atoms with Crippen LogP contribution in [-0.2, 0) is 4.79 Å². The molecule has 0 spiro atoms. The topological polar surface area (TPSA) is 49.3 Å². The van der Waals surface area contributed by atoms with Gasteiger partial charge in [-0.15, -0.1) is 0 Å². The first-order valence-electron chi connectivity index (χ1n) is 4.92. The van der Waals surface area contributed by atoms with Gasteiger partial charge in [-0.25, -0.2) is 4.79 Å². The maximum Gasteiger partial charge on any atom is 0.328 e. The van der Waals surface area contributed by atoms with Crippen molar-refractivity contribution >= 4 is 11.7 Å². The van der Waals surface area contributed by atoms with Crippen LogP contribution in [0.25, 0.3) is 0 Å². The van der Waals surface area contributed by atoms with Gasteiger partial charge in [-0.05, 0) is 51.0 Å². The Morgan fingerprint density at radius 2 is 1.87 bits per heavy atom. The molecule has 0 aliphatic carbocycles. The molecule has 3 heteroatoms. The number of anilines is 1. The molecular weight excluding hydrogens is 190 g/mol. The number of hydrogen-bond acceptors (Lipinski definition) is 2. The zero-order valence-corrected chi connectivity index (χ0v) is 9.59. The first kappa shape index (κ1) is 11.6. The average molecular weight is 207 g/mol. The molecule has 0 aromatic heterocycles. The van der Waals surface area contributed by atoms with Crippen LogP contribution in [0, 0.1) is 13.8 Å². The molecule has 1 rings (SSSR count). The molecule has 0 saturated heterocycles. The van der Waals surface area contributed by atoms with Crippen LogP contribution in [0.1, 0.15) is 25.0 Å². The fraction of sp³-hybridized carbons (Fsp3) is 0.417. The maximum atomic E-state index is 10.9. The molecular formula is C12H17NO2. The van der Waals surface area contributed by atoms with E-state index in [1.807, 2.05) is 32.0 Å². The number of carbonyl (C=O) groups is 1. The summed E-state index contributed by atoms with van der Waals surface area (Å²) >= 11 is 0. The molecule has 2 N–H and O–H groups in total. The Kier molecular flexibility index (Phi) is 3.03. The Bertz CT molecular complexity index is 383. The summed E-state index contributed by atoms with van der Waals surface area (Å²) in [6.45, 7) is 7.32. The highest BCUT2D eigenvalue weighted by Crippen LogP contribution is 2.18. The van der Waals surface area contributed by atoms with Gasteiger partial charge in [-0.3, -0.25) is 0 Å². The van der Waals surface area contributed by atoms with Gasteiger partial charge in [0.15, 0.2) is 0 Å². The quantitative estimate of drug-likeness (QED) is 0.800. The number of aliphatic carboxylic acids is 1. The summed E-state index contributed by atoms with van der Waals surface area (Å²) in [6.07, 6.45) is 0. The van der Waals surface area contributed by atoms with Gasteiger partial charge in [-0.2, -0.15) is 0 Å². The molecule has 0 unspecified atom stereocenters. The third-order valence-electron chi connectivity index (χ3n) is 2.50. The highest BCUT2D eigenvalue weighted by molar-refractivity contribution is 5.81. The van der Waals surface area contributed by atoms with Gasteiger partial charge in [0.25, 0.3) is 0 Å². The summed E-state index contributed by atoms with van der Waals surface area (Å²) < 4.78 is 0. The van der Waals surface area contributed by atoms with Crippen molar-refractivity contribution in [1.29, 1.82) is 0 Å². The van der Waals surface area contributed by atoms with E-state index in [-0.39, 0.29) is 0 Å². The number of hydrogen-bond donors (Lipinski definition) is 2. The number of rotatable bonds is 3. The number of aryl methyl sites for hydroxylation is 2. The number of carboxylic acids is 1. The minimum atomic E-state index is -0.943.